The summed E-state index contributed by atoms with van der Waals surface area (Å²) in [6.45, 7) is 0. The van der Waals surface area contributed by atoms with Crippen LogP contribution in [0.15, 0.2) is 12.3 Å². The molecule has 0 bridgehead atoms. The topological polar surface area (TPSA) is 43.8 Å². The first kappa shape index (κ1) is 11.3. The van der Waals surface area contributed by atoms with Crippen LogP contribution >= 0.6 is 0 Å². The molecule has 1 heterocycles. The fourth-order valence-corrected chi connectivity index (χ4v) is 2.31. The van der Waals surface area contributed by atoms with Gasteiger partial charge in [0.2, 0.25) is 0 Å². The van der Waals surface area contributed by atoms with Crippen LogP contribution in [0.1, 0.15) is 31.7 Å². The van der Waals surface area contributed by atoms with Gasteiger partial charge in [-0.15, -0.1) is 0 Å². The molecule has 3 nitrogen and oxygen atoms in total. The molecule has 0 radical (unpaired) electrons. The average molecular weight is 233 g/mol. The SMILES string of the molecule is Nc1ccnn1C1CCCC(C(F)(F)F)C1. The monoisotopic (exact) mass is 233 g/mol. The van der Waals surface area contributed by atoms with Crippen molar-refractivity contribution >= 4 is 5.82 Å². The highest BCUT2D eigenvalue weighted by Crippen LogP contribution is 2.41. The van der Waals surface area contributed by atoms with E-state index in [4.69, 9.17) is 5.73 Å². The molecule has 1 aliphatic carbocycles. The van der Waals surface area contributed by atoms with Gasteiger partial charge in [-0.05, 0) is 25.3 Å². The third-order valence-electron chi connectivity index (χ3n) is 3.16. The summed E-state index contributed by atoms with van der Waals surface area (Å²) in [5.74, 6) is -0.775. The molecule has 2 N–H and O–H groups in total. The van der Waals surface area contributed by atoms with Gasteiger partial charge in [-0.25, -0.2) is 4.68 Å². The van der Waals surface area contributed by atoms with Crippen LogP contribution in [-0.4, -0.2) is 16.0 Å². The number of nitrogen functional groups attached to an aromatic ring is 1. The molecule has 0 aliphatic heterocycles. The average Bonchev–Trinajstić information content (AvgIpc) is 2.63. The van der Waals surface area contributed by atoms with Crippen LogP contribution in [0.4, 0.5) is 19.0 Å². The van der Waals surface area contributed by atoms with E-state index in [2.05, 4.69) is 5.10 Å². The van der Waals surface area contributed by atoms with Crippen molar-refractivity contribution in [3.8, 4) is 0 Å². The minimum atomic E-state index is -4.10. The number of halogens is 3. The van der Waals surface area contributed by atoms with Crippen molar-refractivity contribution in [2.75, 3.05) is 5.73 Å². The number of aromatic nitrogens is 2. The Bertz CT molecular complexity index is 358. The van der Waals surface area contributed by atoms with E-state index < -0.39 is 12.1 Å². The molecular weight excluding hydrogens is 219 g/mol. The predicted molar refractivity (Wildman–Crippen MR) is 53.7 cm³/mol. The summed E-state index contributed by atoms with van der Waals surface area (Å²) in [5, 5.41) is 3.98. The maximum Gasteiger partial charge on any atom is 0.391 e. The van der Waals surface area contributed by atoms with Crippen LogP contribution in [0.25, 0.3) is 0 Å². The van der Waals surface area contributed by atoms with E-state index in [-0.39, 0.29) is 18.9 Å². The standard InChI is InChI=1S/C10H14F3N3/c11-10(12,13)7-2-1-3-8(6-7)16-9(14)4-5-15-16/h4-5,7-8H,1-3,6,14H2. The molecule has 1 fully saturated rings. The zero-order valence-corrected chi connectivity index (χ0v) is 8.74. The van der Waals surface area contributed by atoms with Crippen LogP contribution in [0.2, 0.25) is 0 Å². The number of anilines is 1. The Hall–Kier alpha value is -1.20. The summed E-state index contributed by atoms with van der Waals surface area (Å²) < 4.78 is 39.3. The molecule has 1 aromatic rings. The second-order valence-electron chi connectivity index (χ2n) is 4.26. The van der Waals surface area contributed by atoms with Crippen LogP contribution < -0.4 is 5.73 Å². The van der Waals surface area contributed by atoms with E-state index in [0.29, 0.717) is 12.2 Å². The van der Waals surface area contributed by atoms with Crippen LogP contribution in [0.5, 0.6) is 0 Å². The minimum absolute atomic E-state index is 0.0926. The molecule has 2 rings (SSSR count). The Morgan fingerprint density at radius 1 is 1.38 bits per heavy atom. The number of rotatable bonds is 1. The predicted octanol–water partition coefficient (Wildman–Crippen LogP) is 2.76. The highest BCUT2D eigenvalue weighted by atomic mass is 19.4. The fourth-order valence-electron chi connectivity index (χ4n) is 2.31. The van der Waals surface area contributed by atoms with Gasteiger partial charge in [-0.1, -0.05) is 6.42 Å². The van der Waals surface area contributed by atoms with Crippen molar-refractivity contribution in [3.05, 3.63) is 12.3 Å². The van der Waals surface area contributed by atoms with Gasteiger partial charge in [0.1, 0.15) is 5.82 Å². The number of hydrogen-bond donors (Lipinski definition) is 1. The van der Waals surface area contributed by atoms with Gasteiger partial charge < -0.3 is 5.73 Å². The molecule has 1 saturated carbocycles. The van der Waals surface area contributed by atoms with Crippen LogP contribution in [0.3, 0.4) is 0 Å². The molecule has 0 saturated heterocycles. The molecule has 90 valence electrons. The van der Waals surface area contributed by atoms with E-state index in [1.165, 1.54) is 10.9 Å². The van der Waals surface area contributed by atoms with Crippen molar-refractivity contribution in [1.29, 1.82) is 0 Å². The van der Waals surface area contributed by atoms with Crippen LogP contribution in [-0.2, 0) is 0 Å². The summed E-state index contributed by atoms with van der Waals surface area (Å²) in [7, 11) is 0. The smallest absolute Gasteiger partial charge is 0.384 e. The Morgan fingerprint density at radius 3 is 2.69 bits per heavy atom. The molecule has 0 spiro atoms. The third-order valence-corrected chi connectivity index (χ3v) is 3.16. The zero-order valence-electron chi connectivity index (χ0n) is 8.74. The molecule has 0 aromatic carbocycles. The summed E-state index contributed by atoms with van der Waals surface area (Å²) >= 11 is 0. The first-order valence-electron chi connectivity index (χ1n) is 5.34. The molecule has 2 unspecified atom stereocenters. The zero-order chi connectivity index (χ0) is 11.8. The Kier molecular flexibility index (Phi) is 2.82. The van der Waals surface area contributed by atoms with Gasteiger partial charge in [0.25, 0.3) is 0 Å². The minimum Gasteiger partial charge on any atom is -0.384 e. The van der Waals surface area contributed by atoms with Gasteiger partial charge in [0, 0.05) is 0 Å². The number of nitrogens with two attached hydrogens (primary N) is 1. The van der Waals surface area contributed by atoms with E-state index >= 15 is 0 Å². The van der Waals surface area contributed by atoms with E-state index in [1.54, 1.807) is 6.07 Å². The number of nitrogens with zero attached hydrogens (tertiary/aromatic N) is 2. The quantitative estimate of drug-likeness (QED) is 0.810. The molecule has 2 atom stereocenters. The highest BCUT2D eigenvalue weighted by Gasteiger charge is 2.42. The number of alkyl halides is 3. The normalized spacial score (nSPS) is 26.9. The van der Waals surface area contributed by atoms with Crippen molar-refractivity contribution in [2.45, 2.75) is 37.9 Å². The molecular formula is C10H14F3N3. The lowest BCUT2D eigenvalue weighted by Crippen LogP contribution is -2.30. The number of hydrogen-bond acceptors (Lipinski definition) is 2. The van der Waals surface area contributed by atoms with E-state index in [1.807, 2.05) is 0 Å². The van der Waals surface area contributed by atoms with Crippen molar-refractivity contribution in [3.63, 3.8) is 0 Å². The summed E-state index contributed by atoms with van der Waals surface area (Å²) in [4.78, 5) is 0. The van der Waals surface area contributed by atoms with Gasteiger partial charge in [0.15, 0.2) is 0 Å². The van der Waals surface area contributed by atoms with Crippen LogP contribution in [0, 0.1) is 5.92 Å². The van der Waals surface area contributed by atoms with E-state index in [0.717, 1.165) is 6.42 Å². The third kappa shape index (κ3) is 2.15. The maximum absolute atomic E-state index is 12.6. The van der Waals surface area contributed by atoms with Crippen molar-refractivity contribution in [1.82, 2.24) is 9.78 Å². The fraction of sp³-hybridized carbons (Fsp3) is 0.700. The molecule has 6 heteroatoms. The summed E-state index contributed by atoms with van der Waals surface area (Å²) in [6.07, 6.45) is -0.962. The second kappa shape index (κ2) is 3.99. The maximum atomic E-state index is 12.6. The van der Waals surface area contributed by atoms with Gasteiger partial charge >= 0.3 is 6.18 Å². The van der Waals surface area contributed by atoms with Gasteiger partial charge in [-0.2, -0.15) is 18.3 Å². The van der Waals surface area contributed by atoms with Crippen molar-refractivity contribution < 1.29 is 13.2 Å². The van der Waals surface area contributed by atoms with Gasteiger partial charge in [0.05, 0.1) is 18.2 Å². The lowest BCUT2D eigenvalue weighted by atomic mass is 9.85. The molecule has 1 aliphatic rings. The molecule has 16 heavy (non-hydrogen) atoms. The first-order chi connectivity index (χ1) is 7.48. The summed E-state index contributed by atoms with van der Waals surface area (Å²) in [5.41, 5.74) is 5.65. The Morgan fingerprint density at radius 2 is 2.12 bits per heavy atom. The lowest BCUT2D eigenvalue weighted by molar-refractivity contribution is -0.185. The van der Waals surface area contributed by atoms with Gasteiger partial charge in [-0.3, -0.25) is 0 Å². The lowest BCUT2D eigenvalue weighted by Gasteiger charge is -2.31. The Labute approximate surface area is 91.4 Å². The largest absolute Gasteiger partial charge is 0.391 e. The van der Waals surface area contributed by atoms with E-state index in [9.17, 15) is 13.2 Å². The second-order valence-corrected chi connectivity index (χ2v) is 4.26. The highest BCUT2D eigenvalue weighted by molar-refractivity contribution is 5.26. The first-order valence-corrected chi connectivity index (χ1v) is 5.34. The van der Waals surface area contributed by atoms with Crippen molar-refractivity contribution in [2.24, 2.45) is 5.92 Å². The summed E-state index contributed by atoms with van der Waals surface area (Å²) in [6, 6.07) is 1.40. The molecule has 0 amide bonds. The Balaban J connectivity index is 2.11. The molecule has 1 aromatic heterocycles.